The number of phenols is 1. The van der Waals surface area contributed by atoms with Crippen LogP contribution < -0.4 is 10.1 Å². The maximum Gasteiger partial charge on any atom is 0.287 e. The zero-order valence-corrected chi connectivity index (χ0v) is 17.1. The molecule has 1 amide bonds. The van der Waals surface area contributed by atoms with Crippen LogP contribution in [0.15, 0.2) is 72.8 Å². The number of ketones is 2. The number of Topliss-reactive ketones (excluding diaryl/α,β-unsaturated/α-hetero) is 1. The maximum absolute atomic E-state index is 12.6. The van der Waals surface area contributed by atoms with E-state index in [1.807, 2.05) is 0 Å². The molecule has 0 saturated heterocycles. The number of amides is 1. The van der Waals surface area contributed by atoms with Gasteiger partial charge in [-0.05, 0) is 53.9 Å². The van der Waals surface area contributed by atoms with E-state index in [4.69, 9.17) is 4.74 Å². The fourth-order valence-electron chi connectivity index (χ4n) is 3.03. The van der Waals surface area contributed by atoms with E-state index in [-0.39, 0.29) is 18.0 Å². The summed E-state index contributed by atoms with van der Waals surface area (Å²) in [6.45, 7) is 0.324. The monoisotopic (exact) mass is 417 g/mol. The Balaban J connectivity index is 1.51. The lowest BCUT2D eigenvalue weighted by Gasteiger charge is -2.06. The van der Waals surface area contributed by atoms with Gasteiger partial charge in [0.15, 0.2) is 5.78 Å². The molecule has 0 saturated carbocycles. The molecular formula is C25H23NO5. The third-order valence-corrected chi connectivity index (χ3v) is 4.82. The Morgan fingerprint density at radius 1 is 0.806 bits per heavy atom. The van der Waals surface area contributed by atoms with E-state index in [0.717, 1.165) is 5.56 Å². The number of hydrogen-bond acceptors (Lipinski definition) is 5. The smallest absolute Gasteiger partial charge is 0.287 e. The van der Waals surface area contributed by atoms with E-state index in [9.17, 15) is 19.5 Å². The summed E-state index contributed by atoms with van der Waals surface area (Å²) < 4.78 is 5.09. The molecule has 6 nitrogen and oxygen atoms in total. The van der Waals surface area contributed by atoms with Crippen molar-refractivity contribution in [3.05, 3.63) is 95.1 Å². The van der Waals surface area contributed by atoms with Gasteiger partial charge >= 0.3 is 0 Å². The molecule has 0 fully saturated rings. The van der Waals surface area contributed by atoms with Crippen molar-refractivity contribution in [2.45, 2.75) is 12.8 Å². The zero-order valence-electron chi connectivity index (χ0n) is 17.1. The van der Waals surface area contributed by atoms with Crippen LogP contribution in [-0.4, -0.2) is 36.2 Å². The lowest BCUT2D eigenvalue weighted by atomic mass is 10.0. The molecule has 0 spiro atoms. The largest absolute Gasteiger partial charge is 0.508 e. The van der Waals surface area contributed by atoms with Gasteiger partial charge in [-0.2, -0.15) is 0 Å². The second-order valence-electron chi connectivity index (χ2n) is 7.03. The molecule has 3 aromatic rings. The molecular weight excluding hydrogens is 394 g/mol. The molecule has 3 rings (SSSR count). The minimum atomic E-state index is -0.642. The molecule has 0 heterocycles. The number of aromatic hydroxyl groups is 1. The number of phenolic OH excluding ortho intramolecular Hbond substituents is 1. The number of methoxy groups -OCH3 is 1. The fourth-order valence-corrected chi connectivity index (χ4v) is 3.03. The predicted octanol–water partition coefficient (Wildman–Crippen LogP) is 3.10. The number of rotatable bonds is 9. The van der Waals surface area contributed by atoms with Crippen molar-refractivity contribution >= 4 is 17.5 Å². The first-order chi connectivity index (χ1) is 15.0. The number of hydrogen-bond donors (Lipinski definition) is 2. The normalized spacial score (nSPS) is 10.4. The van der Waals surface area contributed by atoms with Crippen molar-refractivity contribution in [1.29, 1.82) is 0 Å². The highest BCUT2D eigenvalue weighted by molar-refractivity contribution is 6.36. The standard InChI is InChI=1S/C25H23NO5/c1-31-22-12-8-20(9-13-22)24(29)19-6-2-18(3-7-19)16-23(28)25(30)26-15-14-17-4-10-21(27)11-5-17/h2-13,27H,14-16H2,1H3,(H,26,30). The van der Waals surface area contributed by atoms with E-state index in [2.05, 4.69) is 5.32 Å². The molecule has 31 heavy (non-hydrogen) atoms. The first-order valence-electron chi connectivity index (χ1n) is 9.83. The van der Waals surface area contributed by atoms with Crippen LogP contribution in [0.5, 0.6) is 11.5 Å². The summed E-state index contributed by atoms with van der Waals surface area (Å²) in [4.78, 5) is 36.8. The van der Waals surface area contributed by atoms with Gasteiger partial charge in [0, 0.05) is 24.1 Å². The molecule has 6 heteroatoms. The van der Waals surface area contributed by atoms with Gasteiger partial charge in [0.25, 0.3) is 5.91 Å². The Morgan fingerprint density at radius 2 is 1.35 bits per heavy atom. The van der Waals surface area contributed by atoms with Crippen LogP contribution in [0.1, 0.15) is 27.0 Å². The Kier molecular flexibility index (Phi) is 7.17. The first-order valence-corrected chi connectivity index (χ1v) is 9.83. The van der Waals surface area contributed by atoms with Gasteiger partial charge < -0.3 is 15.2 Å². The molecule has 0 radical (unpaired) electrons. The SMILES string of the molecule is COc1ccc(C(=O)c2ccc(CC(=O)C(=O)NCCc3ccc(O)cc3)cc2)cc1. The van der Waals surface area contributed by atoms with Gasteiger partial charge in [-0.15, -0.1) is 0 Å². The molecule has 3 aromatic carbocycles. The number of carbonyl (C=O) groups is 3. The van der Waals surface area contributed by atoms with Crippen molar-refractivity contribution in [2.75, 3.05) is 13.7 Å². The quantitative estimate of drug-likeness (QED) is 0.412. The number of carbonyl (C=O) groups excluding carboxylic acids is 3. The highest BCUT2D eigenvalue weighted by Crippen LogP contribution is 2.16. The second-order valence-corrected chi connectivity index (χ2v) is 7.03. The average Bonchev–Trinajstić information content (AvgIpc) is 2.80. The highest BCUT2D eigenvalue weighted by atomic mass is 16.5. The van der Waals surface area contributed by atoms with Crippen LogP contribution in [0, 0.1) is 0 Å². The van der Waals surface area contributed by atoms with Gasteiger partial charge in [0.1, 0.15) is 11.5 Å². The van der Waals surface area contributed by atoms with Crippen molar-refractivity contribution in [1.82, 2.24) is 5.32 Å². The zero-order chi connectivity index (χ0) is 22.2. The second kappa shape index (κ2) is 10.2. The van der Waals surface area contributed by atoms with Gasteiger partial charge in [0.2, 0.25) is 5.78 Å². The van der Waals surface area contributed by atoms with Gasteiger partial charge in [-0.25, -0.2) is 0 Å². The molecule has 0 unspecified atom stereocenters. The average molecular weight is 417 g/mol. The first kappa shape index (κ1) is 21.8. The minimum Gasteiger partial charge on any atom is -0.508 e. The fraction of sp³-hybridized carbons (Fsp3) is 0.160. The van der Waals surface area contributed by atoms with Crippen molar-refractivity contribution < 1.29 is 24.2 Å². The topological polar surface area (TPSA) is 92.7 Å². The van der Waals surface area contributed by atoms with Crippen LogP contribution in [0.4, 0.5) is 0 Å². The summed E-state index contributed by atoms with van der Waals surface area (Å²) in [5.41, 5.74) is 2.64. The van der Waals surface area contributed by atoms with Crippen LogP contribution in [0.2, 0.25) is 0 Å². The summed E-state index contributed by atoms with van der Waals surface area (Å²) in [5.74, 6) is -0.462. The van der Waals surface area contributed by atoms with Crippen LogP contribution >= 0.6 is 0 Å². The number of ether oxygens (including phenoxy) is 1. The summed E-state index contributed by atoms with van der Waals surface area (Å²) >= 11 is 0. The van der Waals surface area contributed by atoms with Crippen molar-refractivity contribution in [2.24, 2.45) is 0 Å². The molecule has 2 N–H and O–H groups in total. The summed E-state index contributed by atoms with van der Waals surface area (Å²) in [7, 11) is 1.56. The minimum absolute atomic E-state index is 0.0396. The van der Waals surface area contributed by atoms with Crippen LogP contribution in [0.3, 0.4) is 0 Å². The molecule has 0 atom stereocenters. The summed E-state index contributed by atoms with van der Waals surface area (Å²) in [6, 6.07) is 20.2. The number of benzene rings is 3. The Morgan fingerprint density at radius 3 is 1.94 bits per heavy atom. The van der Waals surface area contributed by atoms with Crippen molar-refractivity contribution in [3.63, 3.8) is 0 Å². The van der Waals surface area contributed by atoms with Crippen LogP contribution in [0.25, 0.3) is 0 Å². The van der Waals surface area contributed by atoms with Gasteiger partial charge in [0.05, 0.1) is 7.11 Å². The molecule has 0 bridgehead atoms. The summed E-state index contributed by atoms with van der Waals surface area (Å²) in [6.07, 6.45) is 0.517. The van der Waals surface area contributed by atoms with Crippen LogP contribution in [-0.2, 0) is 22.4 Å². The van der Waals surface area contributed by atoms with E-state index >= 15 is 0 Å². The third-order valence-electron chi connectivity index (χ3n) is 4.82. The molecule has 0 aliphatic carbocycles. The van der Waals surface area contributed by atoms with Gasteiger partial charge in [-0.1, -0.05) is 36.4 Å². The lowest BCUT2D eigenvalue weighted by Crippen LogP contribution is -2.33. The third kappa shape index (κ3) is 6.02. The van der Waals surface area contributed by atoms with Gasteiger partial charge in [-0.3, -0.25) is 14.4 Å². The summed E-state index contributed by atoms with van der Waals surface area (Å²) in [5, 5.41) is 11.9. The lowest BCUT2D eigenvalue weighted by molar-refractivity contribution is -0.137. The molecule has 0 aliphatic rings. The van der Waals surface area contributed by atoms with E-state index in [1.54, 1.807) is 79.9 Å². The molecule has 0 aromatic heterocycles. The highest BCUT2D eigenvalue weighted by Gasteiger charge is 2.15. The Labute approximate surface area is 180 Å². The van der Waals surface area contributed by atoms with E-state index in [0.29, 0.717) is 35.4 Å². The Hall–Kier alpha value is -3.93. The maximum atomic E-state index is 12.6. The molecule has 158 valence electrons. The predicted molar refractivity (Wildman–Crippen MR) is 116 cm³/mol. The number of nitrogens with one attached hydrogen (secondary N) is 1. The molecule has 0 aliphatic heterocycles. The van der Waals surface area contributed by atoms with E-state index in [1.165, 1.54) is 0 Å². The Bertz CT molecular complexity index is 1050. The van der Waals surface area contributed by atoms with E-state index < -0.39 is 11.7 Å². The van der Waals surface area contributed by atoms with Crippen molar-refractivity contribution in [3.8, 4) is 11.5 Å².